The van der Waals surface area contributed by atoms with E-state index in [2.05, 4.69) is 4.98 Å². The molecule has 1 aliphatic rings. The van der Waals surface area contributed by atoms with Crippen LogP contribution in [0.3, 0.4) is 0 Å². The van der Waals surface area contributed by atoms with Crippen LogP contribution in [0, 0.1) is 0 Å². The van der Waals surface area contributed by atoms with Crippen molar-refractivity contribution in [1.82, 2.24) is 9.55 Å². The number of anilines is 1. The van der Waals surface area contributed by atoms with Crippen molar-refractivity contribution in [2.75, 3.05) is 12.3 Å². The second kappa shape index (κ2) is 5.32. The standard InChI is InChI=1S/C13H15N3O5/c14-12-7(9-2-1-3-20-9)5-16(13(19)15-12)11-4-8(18)10(6-17)21-11/h1-3,5,8,10-11,17-18H,4,6H2,(H2,14,15,19)/t8-,10-,11-/m0/s1. The zero-order chi connectivity index (χ0) is 15.0. The molecule has 0 unspecified atom stereocenters. The summed E-state index contributed by atoms with van der Waals surface area (Å²) in [5.41, 5.74) is 5.62. The van der Waals surface area contributed by atoms with Gasteiger partial charge in [0.25, 0.3) is 0 Å². The number of nitrogen functional groups attached to an aromatic ring is 1. The van der Waals surface area contributed by atoms with Gasteiger partial charge in [0.05, 0.1) is 24.5 Å². The van der Waals surface area contributed by atoms with Gasteiger partial charge in [-0.05, 0) is 12.1 Å². The predicted molar refractivity (Wildman–Crippen MR) is 72.2 cm³/mol. The Morgan fingerprint density at radius 1 is 1.52 bits per heavy atom. The molecule has 0 amide bonds. The van der Waals surface area contributed by atoms with E-state index in [1.807, 2.05) is 0 Å². The Kier molecular flexibility index (Phi) is 3.50. The third-order valence-corrected chi connectivity index (χ3v) is 3.46. The number of aliphatic hydroxyl groups is 2. The molecule has 8 heteroatoms. The fourth-order valence-electron chi connectivity index (χ4n) is 2.36. The molecule has 0 aliphatic carbocycles. The summed E-state index contributed by atoms with van der Waals surface area (Å²) in [6, 6.07) is 3.39. The lowest BCUT2D eigenvalue weighted by Crippen LogP contribution is -2.28. The second-order valence-electron chi connectivity index (χ2n) is 4.82. The molecule has 1 fully saturated rings. The Morgan fingerprint density at radius 3 is 2.95 bits per heavy atom. The Balaban J connectivity index is 2.00. The zero-order valence-electron chi connectivity index (χ0n) is 11.0. The van der Waals surface area contributed by atoms with Crippen molar-refractivity contribution in [3.63, 3.8) is 0 Å². The third-order valence-electron chi connectivity index (χ3n) is 3.46. The van der Waals surface area contributed by atoms with E-state index in [0.717, 1.165) is 0 Å². The molecule has 3 rings (SSSR count). The van der Waals surface area contributed by atoms with Gasteiger partial charge in [0.2, 0.25) is 0 Å². The molecule has 8 nitrogen and oxygen atoms in total. The minimum Gasteiger partial charge on any atom is -0.464 e. The normalized spacial score (nSPS) is 25.3. The Bertz CT molecular complexity index is 682. The molecule has 0 bridgehead atoms. The van der Waals surface area contributed by atoms with Crippen molar-refractivity contribution >= 4 is 5.82 Å². The molecule has 112 valence electrons. The number of aromatic nitrogens is 2. The van der Waals surface area contributed by atoms with E-state index < -0.39 is 24.1 Å². The van der Waals surface area contributed by atoms with Crippen LogP contribution in [0.1, 0.15) is 12.6 Å². The molecule has 4 N–H and O–H groups in total. The smallest absolute Gasteiger partial charge is 0.351 e. The molecule has 3 heterocycles. The molecule has 2 aromatic rings. The van der Waals surface area contributed by atoms with Gasteiger partial charge in [0.1, 0.15) is 23.9 Å². The van der Waals surface area contributed by atoms with Gasteiger partial charge in [-0.15, -0.1) is 0 Å². The molecule has 0 aromatic carbocycles. The maximum Gasteiger partial charge on any atom is 0.351 e. The predicted octanol–water partition coefficient (Wildman–Crippen LogP) is -0.274. The van der Waals surface area contributed by atoms with E-state index in [0.29, 0.717) is 11.3 Å². The lowest BCUT2D eigenvalue weighted by molar-refractivity contribution is -0.0458. The highest BCUT2D eigenvalue weighted by Gasteiger charge is 2.35. The van der Waals surface area contributed by atoms with E-state index in [1.165, 1.54) is 17.0 Å². The van der Waals surface area contributed by atoms with Crippen molar-refractivity contribution < 1.29 is 19.4 Å². The maximum absolute atomic E-state index is 12.0. The highest BCUT2D eigenvalue weighted by Crippen LogP contribution is 2.30. The van der Waals surface area contributed by atoms with E-state index in [1.54, 1.807) is 12.1 Å². The summed E-state index contributed by atoms with van der Waals surface area (Å²) < 4.78 is 12.0. The quantitative estimate of drug-likeness (QED) is 0.711. The molecule has 0 spiro atoms. The van der Waals surface area contributed by atoms with Crippen LogP contribution in [-0.4, -0.2) is 38.6 Å². The Morgan fingerprint density at radius 2 is 2.33 bits per heavy atom. The lowest BCUT2D eigenvalue weighted by atomic mass is 10.2. The maximum atomic E-state index is 12.0. The van der Waals surface area contributed by atoms with Crippen LogP contribution >= 0.6 is 0 Å². The van der Waals surface area contributed by atoms with Crippen molar-refractivity contribution in [3.8, 4) is 11.3 Å². The van der Waals surface area contributed by atoms with Crippen LogP contribution in [0.4, 0.5) is 5.82 Å². The second-order valence-corrected chi connectivity index (χ2v) is 4.82. The number of hydrogen-bond acceptors (Lipinski definition) is 7. The summed E-state index contributed by atoms with van der Waals surface area (Å²) in [6.45, 7) is -0.320. The topological polar surface area (TPSA) is 124 Å². The van der Waals surface area contributed by atoms with Gasteiger partial charge in [-0.3, -0.25) is 4.57 Å². The monoisotopic (exact) mass is 293 g/mol. The number of rotatable bonds is 3. The van der Waals surface area contributed by atoms with E-state index in [9.17, 15) is 9.90 Å². The van der Waals surface area contributed by atoms with Crippen molar-refractivity contribution in [2.24, 2.45) is 0 Å². The van der Waals surface area contributed by atoms with Crippen LogP contribution in [0.2, 0.25) is 0 Å². The number of hydrogen-bond donors (Lipinski definition) is 3. The third kappa shape index (κ3) is 2.44. The summed E-state index contributed by atoms with van der Waals surface area (Å²) in [6.07, 6.45) is 0.908. The Hall–Kier alpha value is -2.16. The molecule has 3 atom stereocenters. The first kappa shape index (κ1) is 13.8. The van der Waals surface area contributed by atoms with Gasteiger partial charge < -0.3 is 25.1 Å². The number of aliphatic hydroxyl groups excluding tert-OH is 2. The largest absolute Gasteiger partial charge is 0.464 e. The number of nitrogens with two attached hydrogens (primary N) is 1. The summed E-state index contributed by atoms with van der Waals surface area (Å²) in [4.78, 5) is 15.7. The van der Waals surface area contributed by atoms with E-state index in [-0.39, 0.29) is 18.8 Å². The first-order chi connectivity index (χ1) is 10.1. The van der Waals surface area contributed by atoms with Crippen molar-refractivity contribution in [3.05, 3.63) is 35.1 Å². The average molecular weight is 293 g/mol. The van der Waals surface area contributed by atoms with Crippen LogP contribution in [-0.2, 0) is 4.74 Å². The van der Waals surface area contributed by atoms with Crippen LogP contribution in [0.25, 0.3) is 11.3 Å². The minimum atomic E-state index is -0.837. The van der Waals surface area contributed by atoms with Gasteiger partial charge in [0, 0.05) is 12.6 Å². The molecular formula is C13H15N3O5. The molecule has 21 heavy (non-hydrogen) atoms. The van der Waals surface area contributed by atoms with E-state index in [4.69, 9.17) is 20.0 Å². The minimum absolute atomic E-state index is 0.0588. The Labute approximate surface area is 119 Å². The lowest BCUT2D eigenvalue weighted by Gasteiger charge is -2.15. The summed E-state index contributed by atoms with van der Waals surface area (Å²) in [5, 5.41) is 18.9. The fourth-order valence-corrected chi connectivity index (χ4v) is 2.36. The molecule has 1 saturated heterocycles. The summed E-state index contributed by atoms with van der Waals surface area (Å²) in [5.74, 6) is 0.537. The molecule has 0 saturated carbocycles. The molecule has 1 aliphatic heterocycles. The highest BCUT2D eigenvalue weighted by atomic mass is 16.5. The van der Waals surface area contributed by atoms with Gasteiger partial charge in [-0.25, -0.2) is 4.79 Å². The van der Waals surface area contributed by atoms with Crippen LogP contribution < -0.4 is 11.4 Å². The zero-order valence-corrected chi connectivity index (χ0v) is 11.0. The SMILES string of the molecule is Nc1nc(=O)n([C@@H]2C[C@H](O)[C@H](CO)O2)cc1-c1ccco1. The van der Waals surface area contributed by atoms with Crippen molar-refractivity contribution in [2.45, 2.75) is 24.9 Å². The summed E-state index contributed by atoms with van der Waals surface area (Å²) >= 11 is 0. The van der Waals surface area contributed by atoms with Gasteiger partial charge >= 0.3 is 5.69 Å². The number of ether oxygens (including phenoxy) is 1. The number of nitrogens with zero attached hydrogens (tertiary/aromatic N) is 2. The van der Waals surface area contributed by atoms with Gasteiger partial charge in [-0.2, -0.15) is 4.98 Å². The molecule has 0 radical (unpaired) electrons. The summed E-state index contributed by atoms with van der Waals surface area (Å²) in [7, 11) is 0. The molecule has 2 aromatic heterocycles. The average Bonchev–Trinajstić information content (AvgIpc) is 3.08. The van der Waals surface area contributed by atoms with Crippen LogP contribution in [0.5, 0.6) is 0 Å². The highest BCUT2D eigenvalue weighted by molar-refractivity contribution is 5.68. The van der Waals surface area contributed by atoms with E-state index >= 15 is 0 Å². The molecular weight excluding hydrogens is 278 g/mol. The number of furan rings is 1. The van der Waals surface area contributed by atoms with Crippen LogP contribution in [0.15, 0.2) is 33.8 Å². The van der Waals surface area contributed by atoms with Gasteiger partial charge in [0.15, 0.2) is 0 Å². The fraction of sp³-hybridized carbons (Fsp3) is 0.385. The van der Waals surface area contributed by atoms with Gasteiger partial charge in [-0.1, -0.05) is 0 Å². The van der Waals surface area contributed by atoms with Crippen molar-refractivity contribution in [1.29, 1.82) is 0 Å². The first-order valence-electron chi connectivity index (χ1n) is 6.47. The first-order valence-corrected chi connectivity index (χ1v) is 6.47.